The van der Waals surface area contributed by atoms with Crippen molar-refractivity contribution in [2.75, 3.05) is 19.8 Å². The van der Waals surface area contributed by atoms with Gasteiger partial charge in [0.15, 0.2) is 0 Å². The van der Waals surface area contributed by atoms with Crippen LogP contribution in [0.5, 0.6) is 0 Å². The Kier molecular flexibility index (Phi) is 5.16. The van der Waals surface area contributed by atoms with Gasteiger partial charge in [-0.25, -0.2) is 0 Å². The summed E-state index contributed by atoms with van der Waals surface area (Å²) in [6, 6.07) is 0. The molecule has 5 heteroatoms. The second-order valence-electron chi connectivity index (χ2n) is 7.36. The summed E-state index contributed by atoms with van der Waals surface area (Å²) in [7, 11) is 2.04. The van der Waals surface area contributed by atoms with Crippen LogP contribution in [0, 0.1) is 12.3 Å². The predicted octanol–water partition coefficient (Wildman–Crippen LogP) is 3.22. The average molecular weight is 358 g/mol. The van der Waals surface area contributed by atoms with E-state index < -0.39 is 0 Å². The van der Waals surface area contributed by atoms with Crippen molar-refractivity contribution in [2.45, 2.75) is 52.5 Å². The molecule has 1 saturated heterocycles. The highest BCUT2D eigenvalue weighted by atomic mass is 79.9. The van der Waals surface area contributed by atoms with Crippen molar-refractivity contribution in [3.8, 4) is 0 Å². The summed E-state index contributed by atoms with van der Waals surface area (Å²) in [4.78, 5) is 0. The van der Waals surface area contributed by atoms with E-state index in [4.69, 9.17) is 4.74 Å². The Bertz CT molecular complexity index is 484. The SMILES string of the molecule is Cc1nn(C)c(CC2(CNC(C)(C)C)CCOCC2)c1Br. The highest BCUT2D eigenvalue weighted by Crippen LogP contribution is 2.36. The van der Waals surface area contributed by atoms with Gasteiger partial charge in [-0.1, -0.05) is 0 Å². The van der Waals surface area contributed by atoms with Crippen LogP contribution >= 0.6 is 15.9 Å². The minimum Gasteiger partial charge on any atom is -0.381 e. The van der Waals surface area contributed by atoms with Gasteiger partial charge in [-0.15, -0.1) is 0 Å². The molecule has 0 radical (unpaired) electrons. The van der Waals surface area contributed by atoms with Crippen molar-refractivity contribution in [1.29, 1.82) is 0 Å². The molecule has 1 N–H and O–H groups in total. The smallest absolute Gasteiger partial charge is 0.0738 e. The van der Waals surface area contributed by atoms with Gasteiger partial charge >= 0.3 is 0 Å². The molecule has 0 aliphatic carbocycles. The van der Waals surface area contributed by atoms with Crippen LogP contribution < -0.4 is 5.32 Å². The van der Waals surface area contributed by atoms with E-state index in [0.717, 1.165) is 49.2 Å². The molecular weight excluding hydrogens is 330 g/mol. The Morgan fingerprint density at radius 3 is 2.43 bits per heavy atom. The topological polar surface area (TPSA) is 39.1 Å². The Balaban J connectivity index is 2.19. The van der Waals surface area contributed by atoms with Gasteiger partial charge in [0, 0.05) is 32.3 Å². The number of nitrogens with one attached hydrogen (secondary N) is 1. The van der Waals surface area contributed by atoms with Gasteiger partial charge in [0.25, 0.3) is 0 Å². The second kappa shape index (κ2) is 6.39. The Hall–Kier alpha value is -0.390. The molecule has 1 fully saturated rings. The molecule has 120 valence electrons. The van der Waals surface area contributed by atoms with E-state index in [1.54, 1.807) is 0 Å². The molecule has 0 atom stereocenters. The third-order valence-corrected chi connectivity index (χ3v) is 5.38. The molecule has 0 aromatic carbocycles. The molecular formula is C16H28BrN3O. The van der Waals surface area contributed by atoms with Crippen LogP contribution in [0.3, 0.4) is 0 Å². The molecule has 0 saturated carbocycles. The number of aryl methyl sites for hydroxylation is 2. The molecule has 4 nitrogen and oxygen atoms in total. The average Bonchev–Trinajstić information content (AvgIpc) is 2.64. The minimum absolute atomic E-state index is 0.144. The fourth-order valence-electron chi connectivity index (χ4n) is 2.90. The fourth-order valence-corrected chi connectivity index (χ4v) is 3.38. The van der Waals surface area contributed by atoms with E-state index in [1.807, 2.05) is 11.7 Å². The van der Waals surface area contributed by atoms with Gasteiger partial charge in [0.2, 0.25) is 0 Å². The molecule has 21 heavy (non-hydrogen) atoms. The maximum atomic E-state index is 5.60. The number of aromatic nitrogens is 2. The van der Waals surface area contributed by atoms with Crippen molar-refractivity contribution >= 4 is 15.9 Å². The number of rotatable bonds is 4. The van der Waals surface area contributed by atoms with E-state index in [0.29, 0.717) is 0 Å². The van der Waals surface area contributed by atoms with Gasteiger partial charge in [-0.05, 0) is 68.3 Å². The summed E-state index contributed by atoms with van der Waals surface area (Å²) < 4.78 is 8.78. The van der Waals surface area contributed by atoms with E-state index in [1.165, 1.54) is 5.69 Å². The molecule has 1 aliphatic rings. The zero-order valence-electron chi connectivity index (χ0n) is 13.9. The maximum Gasteiger partial charge on any atom is 0.0738 e. The normalized spacial score (nSPS) is 19.0. The Morgan fingerprint density at radius 1 is 1.33 bits per heavy atom. The first kappa shape index (κ1) is 17.0. The minimum atomic E-state index is 0.144. The van der Waals surface area contributed by atoms with E-state index in [-0.39, 0.29) is 11.0 Å². The first-order valence-corrected chi connectivity index (χ1v) is 8.53. The van der Waals surface area contributed by atoms with Gasteiger partial charge in [0.1, 0.15) is 0 Å². The van der Waals surface area contributed by atoms with Crippen LogP contribution in [-0.4, -0.2) is 35.1 Å². The lowest BCUT2D eigenvalue weighted by atomic mass is 9.75. The predicted molar refractivity (Wildman–Crippen MR) is 89.6 cm³/mol. The highest BCUT2D eigenvalue weighted by Gasteiger charge is 2.35. The molecule has 0 bridgehead atoms. The number of nitrogens with zero attached hydrogens (tertiary/aromatic N) is 2. The number of halogens is 1. The fraction of sp³-hybridized carbons (Fsp3) is 0.812. The second-order valence-corrected chi connectivity index (χ2v) is 8.16. The first-order chi connectivity index (χ1) is 9.72. The molecule has 0 unspecified atom stereocenters. The molecule has 1 aromatic heterocycles. The third-order valence-electron chi connectivity index (χ3n) is 4.35. The zero-order chi connectivity index (χ0) is 15.7. The lowest BCUT2D eigenvalue weighted by molar-refractivity contribution is 0.0112. The van der Waals surface area contributed by atoms with E-state index in [9.17, 15) is 0 Å². The zero-order valence-corrected chi connectivity index (χ0v) is 15.5. The maximum absolute atomic E-state index is 5.60. The van der Waals surface area contributed by atoms with Crippen molar-refractivity contribution in [3.63, 3.8) is 0 Å². The van der Waals surface area contributed by atoms with Crippen molar-refractivity contribution < 1.29 is 4.74 Å². The molecule has 1 aliphatic heterocycles. The summed E-state index contributed by atoms with van der Waals surface area (Å²) in [5.41, 5.74) is 2.77. The molecule has 2 rings (SSSR count). The van der Waals surface area contributed by atoms with Crippen molar-refractivity contribution in [2.24, 2.45) is 12.5 Å². The summed E-state index contributed by atoms with van der Waals surface area (Å²) in [6.45, 7) is 11.5. The first-order valence-electron chi connectivity index (χ1n) is 7.73. The van der Waals surface area contributed by atoms with Crippen LogP contribution in [0.15, 0.2) is 4.47 Å². The molecule has 1 aromatic rings. The molecule has 2 heterocycles. The Labute approximate surface area is 136 Å². The van der Waals surface area contributed by atoms with Gasteiger partial charge in [0.05, 0.1) is 15.9 Å². The number of ether oxygens (including phenoxy) is 1. The van der Waals surface area contributed by atoms with Crippen LogP contribution in [0.4, 0.5) is 0 Å². The van der Waals surface area contributed by atoms with Gasteiger partial charge < -0.3 is 10.1 Å². The van der Waals surface area contributed by atoms with Crippen molar-refractivity contribution in [3.05, 3.63) is 15.9 Å². The highest BCUT2D eigenvalue weighted by molar-refractivity contribution is 9.10. The van der Waals surface area contributed by atoms with Crippen LogP contribution in [0.25, 0.3) is 0 Å². The largest absolute Gasteiger partial charge is 0.381 e. The Morgan fingerprint density at radius 2 is 1.95 bits per heavy atom. The van der Waals surface area contributed by atoms with Crippen molar-refractivity contribution in [1.82, 2.24) is 15.1 Å². The lowest BCUT2D eigenvalue weighted by Gasteiger charge is -2.39. The standard InChI is InChI=1S/C16H28BrN3O/c1-12-14(17)13(20(5)19-12)10-16(6-8-21-9-7-16)11-18-15(2,3)4/h18H,6-11H2,1-5H3. The summed E-state index contributed by atoms with van der Waals surface area (Å²) in [5, 5.41) is 8.23. The van der Waals surface area contributed by atoms with Crippen LogP contribution in [0.1, 0.15) is 45.0 Å². The van der Waals surface area contributed by atoms with Gasteiger partial charge in [-0.3, -0.25) is 4.68 Å². The molecule has 0 spiro atoms. The number of hydrogen-bond acceptors (Lipinski definition) is 3. The van der Waals surface area contributed by atoms with Crippen LogP contribution in [-0.2, 0) is 18.2 Å². The monoisotopic (exact) mass is 357 g/mol. The van der Waals surface area contributed by atoms with Gasteiger partial charge in [-0.2, -0.15) is 5.10 Å². The molecule has 0 amide bonds. The van der Waals surface area contributed by atoms with E-state index >= 15 is 0 Å². The van der Waals surface area contributed by atoms with Crippen LogP contribution in [0.2, 0.25) is 0 Å². The third kappa shape index (κ3) is 4.30. The summed E-state index contributed by atoms with van der Waals surface area (Å²) >= 11 is 3.71. The number of hydrogen-bond donors (Lipinski definition) is 1. The lowest BCUT2D eigenvalue weighted by Crippen LogP contribution is -2.47. The quantitative estimate of drug-likeness (QED) is 0.898. The summed E-state index contributed by atoms with van der Waals surface area (Å²) in [6.07, 6.45) is 3.25. The summed E-state index contributed by atoms with van der Waals surface area (Å²) in [5.74, 6) is 0. The van der Waals surface area contributed by atoms with E-state index in [2.05, 4.69) is 54.0 Å².